The summed E-state index contributed by atoms with van der Waals surface area (Å²) in [5, 5.41) is 8.25. The molecule has 0 saturated heterocycles. The standard InChI is InChI=1S/C23H24N4O4S/c1-15-9-11-18(12-10-15)31-14-6-13-26-20-8-5-4-7-19(20)23(21(26)30)27(17(3)29)25-22(32-23)24-16(2)28/h4-5,7-12H,6,13-14H2,1-3H3,(H,24,25,28). The van der Waals surface area contributed by atoms with Crippen molar-refractivity contribution in [2.45, 2.75) is 32.1 Å². The first-order chi connectivity index (χ1) is 15.3. The van der Waals surface area contributed by atoms with Crippen molar-refractivity contribution in [1.29, 1.82) is 0 Å². The molecule has 9 heteroatoms. The van der Waals surface area contributed by atoms with E-state index in [4.69, 9.17) is 4.74 Å². The molecule has 0 saturated carbocycles. The van der Waals surface area contributed by atoms with E-state index in [9.17, 15) is 14.4 Å². The van der Waals surface area contributed by atoms with Crippen LogP contribution in [0.1, 0.15) is 31.4 Å². The molecule has 0 aromatic heterocycles. The highest BCUT2D eigenvalue weighted by molar-refractivity contribution is 8.15. The van der Waals surface area contributed by atoms with E-state index in [0.29, 0.717) is 25.1 Å². The van der Waals surface area contributed by atoms with E-state index in [1.165, 1.54) is 18.9 Å². The molecule has 2 aliphatic heterocycles. The van der Waals surface area contributed by atoms with Gasteiger partial charge in [-0.3, -0.25) is 14.4 Å². The number of para-hydroxylation sites is 1. The fourth-order valence-corrected chi connectivity index (χ4v) is 5.17. The summed E-state index contributed by atoms with van der Waals surface area (Å²) in [6.07, 6.45) is 0.605. The maximum atomic E-state index is 13.7. The Balaban J connectivity index is 1.55. The zero-order valence-corrected chi connectivity index (χ0v) is 18.9. The average Bonchev–Trinajstić information content (AvgIpc) is 3.24. The summed E-state index contributed by atoms with van der Waals surface area (Å²) in [6.45, 7) is 5.60. The van der Waals surface area contributed by atoms with Gasteiger partial charge in [0, 0.05) is 26.0 Å². The number of rotatable bonds is 5. The number of carbonyl (C=O) groups is 3. The van der Waals surface area contributed by atoms with E-state index in [1.807, 2.05) is 55.5 Å². The van der Waals surface area contributed by atoms with Crippen LogP contribution in [0.2, 0.25) is 0 Å². The number of amidine groups is 1. The molecule has 2 aliphatic rings. The molecule has 0 fully saturated rings. The number of hydrazone groups is 1. The Morgan fingerprint density at radius 2 is 1.84 bits per heavy atom. The summed E-state index contributed by atoms with van der Waals surface area (Å²) in [4.78, 5) is 38.0. The van der Waals surface area contributed by atoms with Crippen LogP contribution in [0.3, 0.4) is 0 Å². The molecular formula is C23H24N4O4S. The Labute approximate surface area is 190 Å². The minimum atomic E-state index is -1.36. The molecule has 0 bridgehead atoms. The van der Waals surface area contributed by atoms with Crippen molar-refractivity contribution < 1.29 is 19.1 Å². The lowest BCUT2D eigenvalue weighted by Gasteiger charge is -2.29. The second-order valence-electron chi connectivity index (χ2n) is 7.65. The van der Waals surface area contributed by atoms with E-state index in [-0.39, 0.29) is 22.9 Å². The first-order valence-corrected chi connectivity index (χ1v) is 11.1. The Bertz CT molecular complexity index is 1100. The van der Waals surface area contributed by atoms with Crippen LogP contribution in [0.15, 0.2) is 53.6 Å². The van der Waals surface area contributed by atoms with E-state index in [0.717, 1.165) is 28.8 Å². The number of hydrogen-bond donors (Lipinski definition) is 1. The zero-order chi connectivity index (χ0) is 22.9. The number of thioether (sulfide) groups is 1. The second-order valence-corrected chi connectivity index (χ2v) is 8.83. The molecule has 2 aromatic carbocycles. The van der Waals surface area contributed by atoms with Crippen molar-refractivity contribution in [3.05, 3.63) is 59.7 Å². The predicted octanol–water partition coefficient (Wildman–Crippen LogP) is 2.97. The molecular weight excluding hydrogens is 428 g/mol. The molecule has 2 aromatic rings. The summed E-state index contributed by atoms with van der Waals surface area (Å²) >= 11 is 1.08. The molecule has 1 atom stereocenters. The fourth-order valence-electron chi connectivity index (χ4n) is 3.83. The van der Waals surface area contributed by atoms with Gasteiger partial charge in [-0.15, -0.1) is 5.10 Å². The third-order valence-corrected chi connectivity index (χ3v) is 6.47. The molecule has 1 spiro atoms. The van der Waals surface area contributed by atoms with Crippen molar-refractivity contribution in [3.63, 3.8) is 0 Å². The van der Waals surface area contributed by atoms with Crippen LogP contribution in [-0.2, 0) is 19.3 Å². The maximum absolute atomic E-state index is 13.7. The lowest BCUT2D eigenvalue weighted by molar-refractivity contribution is -0.139. The van der Waals surface area contributed by atoms with Crippen molar-refractivity contribution in [3.8, 4) is 5.75 Å². The Morgan fingerprint density at radius 1 is 1.12 bits per heavy atom. The van der Waals surface area contributed by atoms with Crippen LogP contribution in [-0.4, -0.2) is 41.0 Å². The number of benzene rings is 2. The lowest BCUT2D eigenvalue weighted by Crippen LogP contribution is -2.48. The molecule has 8 nitrogen and oxygen atoms in total. The van der Waals surface area contributed by atoms with Gasteiger partial charge in [0.1, 0.15) is 5.75 Å². The number of anilines is 1. The number of amides is 3. The van der Waals surface area contributed by atoms with Gasteiger partial charge in [-0.25, -0.2) is 0 Å². The Hall–Kier alpha value is -3.33. The largest absolute Gasteiger partial charge is 0.494 e. The van der Waals surface area contributed by atoms with Gasteiger partial charge in [0.25, 0.3) is 5.91 Å². The number of hydrogen-bond acceptors (Lipinski definition) is 6. The van der Waals surface area contributed by atoms with Gasteiger partial charge in [0.15, 0.2) is 5.17 Å². The lowest BCUT2D eigenvalue weighted by atomic mass is 10.1. The van der Waals surface area contributed by atoms with Crippen LogP contribution in [0.25, 0.3) is 0 Å². The van der Waals surface area contributed by atoms with Crippen molar-refractivity contribution >= 4 is 40.3 Å². The normalized spacial score (nSPS) is 19.2. The number of carbonyl (C=O) groups excluding carboxylic acids is 3. The number of ether oxygens (including phenoxy) is 1. The van der Waals surface area contributed by atoms with Gasteiger partial charge >= 0.3 is 0 Å². The molecule has 1 unspecified atom stereocenters. The summed E-state index contributed by atoms with van der Waals surface area (Å²) in [6, 6.07) is 15.2. The summed E-state index contributed by atoms with van der Waals surface area (Å²) in [7, 11) is 0. The molecule has 1 N–H and O–H groups in total. The van der Waals surface area contributed by atoms with Crippen LogP contribution >= 0.6 is 11.8 Å². The van der Waals surface area contributed by atoms with E-state index in [2.05, 4.69) is 10.4 Å². The van der Waals surface area contributed by atoms with Crippen LogP contribution < -0.4 is 15.0 Å². The average molecular weight is 453 g/mol. The van der Waals surface area contributed by atoms with E-state index >= 15 is 0 Å². The highest BCUT2D eigenvalue weighted by Gasteiger charge is 2.60. The highest BCUT2D eigenvalue weighted by atomic mass is 32.2. The SMILES string of the molecule is CC(=O)NC1=NN(C(C)=O)C2(S1)C(=O)N(CCCOc1ccc(C)cc1)c1ccccc12. The zero-order valence-electron chi connectivity index (χ0n) is 18.1. The second kappa shape index (κ2) is 8.66. The van der Waals surface area contributed by atoms with Gasteiger partial charge in [0.2, 0.25) is 16.7 Å². The highest BCUT2D eigenvalue weighted by Crippen LogP contribution is 2.54. The van der Waals surface area contributed by atoms with Gasteiger partial charge in [0.05, 0.1) is 12.3 Å². The number of aryl methyl sites for hydroxylation is 1. The molecule has 0 radical (unpaired) electrons. The maximum Gasteiger partial charge on any atom is 0.270 e. The monoisotopic (exact) mass is 452 g/mol. The Kier molecular flexibility index (Phi) is 5.92. The molecule has 4 rings (SSSR count). The minimum Gasteiger partial charge on any atom is -0.494 e. The number of nitrogens with zero attached hydrogens (tertiary/aromatic N) is 3. The molecule has 2 heterocycles. The van der Waals surface area contributed by atoms with Gasteiger partial charge in [-0.1, -0.05) is 35.9 Å². The molecule has 166 valence electrons. The van der Waals surface area contributed by atoms with Crippen LogP contribution in [0.5, 0.6) is 5.75 Å². The van der Waals surface area contributed by atoms with Gasteiger partial charge < -0.3 is 15.0 Å². The molecule has 32 heavy (non-hydrogen) atoms. The first-order valence-electron chi connectivity index (χ1n) is 10.3. The van der Waals surface area contributed by atoms with Gasteiger partial charge in [-0.05, 0) is 43.3 Å². The smallest absolute Gasteiger partial charge is 0.270 e. The van der Waals surface area contributed by atoms with E-state index in [1.54, 1.807) is 4.90 Å². The van der Waals surface area contributed by atoms with Crippen LogP contribution in [0.4, 0.5) is 5.69 Å². The van der Waals surface area contributed by atoms with Gasteiger partial charge in [-0.2, -0.15) is 5.01 Å². The minimum absolute atomic E-state index is 0.223. The third-order valence-electron chi connectivity index (χ3n) is 5.23. The van der Waals surface area contributed by atoms with Crippen molar-refractivity contribution in [2.24, 2.45) is 5.10 Å². The number of fused-ring (bicyclic) bond motifs is 2. The van der Waals surface area contributed by atoms with Crippen molar-refractivity contribution in [1.82, 2.24) is 10.3 Å². The summed E-state index contributed by atoms with van der Waals surface area (Å²) in [5.41, 5.74) is 2.56. The van der Waals surface area contributed by atoms with Crippen LogP contribution in [0, 0.1) is 6.92 Å². The number of nitrogens with one attached hydrogen (secondary N) is 1. The van der Waals surface area contributed by atoms with Crippen molar-refractivity contribution in [2.75, 3.05) is 18.1 Å². The summed E-state index contributed by atoms with van der Waals surface area (Å²) in [5.74, 6) is -0.188. The summed E-state index contributed by atoms with van der Waals surface area (Å²) < 4.78 is 5.80. The Morgan fingerprint density at radius 3 is 2.53 bits per heavy atom. The third kappa shape index (κ3) is 3.84. The fraction of sp³-hybridized carbons (Fsp3) is 0.304. The first kappa shape index (κ1) is 21.9. The molecule has 3 amide bonds. The predicted molar refractivity (Wildman–Crippen MR) is 123 cm³/mol. The quantitative estimate of drug-likeness (QED) is 0.705. The van der Waals surface area contributed by atoms with E-state index < -0.39 is 4.87 Å². The molecule has 0 aliphatic carbocycles. The topological polar surface area (TPSA) is 91.3 Å².